The molecule has 10 nitrogen and oxygen atoms in total. The molecule has 0 saturated carbocycles. The maximum Gasteiger partial charge on any atom is 0.330 e. The minimum Gasteiger partial charge on any atom is -0.394 e. The highest BCUT2D eigenvalue weighted by molar-refractivity contribution is 5.90. The Balaban J connectivity index is 2.27. The molecule has 1 saturated heterocycles. The lowest BCUT2D eigenvalue weighted by atomic mass is 10.2. The van der Waals surface area contributed by atoms with Gasteiger partial charge in [-0.3, -0.25) is 19.1 Å². The number of aliphatic hydroxyl groups is 2. The standard InChI is InChI=1S/C12H18N4O6/c13-2-1-9(19)14-6-4-16(12(21)15-11(6)20)10-3-7(18)8(5-17)22-10/h4,7-8,10,17-18H,1-3,5,13H2,(H,14,19)(H,15,20,21)/t7-,8+,10+/m0/s1. The lowest BCUT2D eigenvalue weighted by molar-refractivity contribution is -0.116. The summed E-state index contributed by atoms with van der Waals surface area (Å²) in [7, 11) is 0. The Morgan fingerprint density at radius 1 is 1.55 bits per heavy atom. The van der Waals surface area contributed by atoms with Crippen molar-refractivity contribution in [2.45, 2.75) is 31.3 Å². The first-order valence-corrected chi connectivity index (χ1v) is 6.76. The highest BCUT2D eigenvalue weighted by Gasteiger charge is 2.35. The van der Waals surface area contributed by atoms with Crippen molar-refractivity contribution >= 4 is 11.6 Å². The number of ether oxygens (including phenoxy) is 1. The summed E-state index contributed by atoms with van der Waals surface area (Å²) < 4.78 is 6.40. The summed E-state index contributed by atoms with van der Waals surface area (Å²) in [4.78, 5) is 37.1. The Labute approximate surface area is 124 Å². The quantitative estimate of drug-likeness (QED) is 0.400. The van der Waals surface area contributed by atoms with E-state index in [1.165, 1.54) is 0 Å². The van der Waals surface area contributed by atoms with E-state index in [-0.39, 0.29) is 25.1 Å². The normalized spacial score (nSPS) is 24.4. The number of aromatic nitrogens is 2. The van der Waals surface area contributed by atoms with Crippen molar-refractivity contribution in [2.24, 2.45) is 5.73 Å². The molecule has 1 fully saturated rings. The van der Waals surface area contributed by atoms with Crippen LogP contribution in [0.1, 0.15) is 19.1 Å². The van der Waals surface area contributed by atoms with Crippen LogP contribution in [0.4, 0.5) is 5.69 Å². The molecule has 1 amide bonds. The van der Waals surface area contributed by atoms with Crippen LogP contribution in [0, 0.1) is 0 Å². The van der Waals surface area contributed by atoms with Crippen molar-refractivity contribution in [1.82, 2.24) is 9.55 Å². The number of nitrogens with one attached hydrogen (secondary N) is 2. The van der Waals surface area contributed by atoms with Gasteiger partial charge in [-0.1, -0.05) is 0 Å². The number of carbonyl (C=O) groups excluding carboxylic acids is 1. The third kappa shape index (κ3) is 3.42. The predicted octanol–water partition coefficient (Wildman–Crippen LogP) is -2.54. The van der Waals surface area contributed by atoms with Crippen LogP contribution in [0.5, 0.6) is 0 Å². The number of nitrogens with zero attached hydrogens (tertiary/aromatic N) is 1. The summed E-state index contributed by atoms with van der Waals surface area (Å²) in [5, 5.41) is 21.1. The molecule has 0 bridgehead atoms. The van der Waals surface area contributed by atoms with E-state index >= 15 is 0 Å². The first-order valence-electron chi connectivity index (χ1n) is 6.76. The van der Waals surface area contributed by atoms with E-state index in [0.29, 0.717) is 0 Å². The number of hydrogen-bond donors (Lipinski definition) is 5. The third-order valence-corrected chi connectivity index (χ3v) is 3.31. The number of carbonyl (C=O) groups is 1. The van der Waals surface area contributed by atoms with Crippen LogP contribution in [0.25, 0.3) is 0 Å². The molecule has 1 aliphatic rings. The van der Waals surface area contributed by atoms with Crippen LogP contribution in [-0.4, -0.2) is 51.0 Å². The first kappa shape index (κ1) is 16.4. The lowest BCUT2D eigenvalue weighted by Gasteiger charge is -2.15. The molecular weight excluding hydrogens is 296 g/mol. The van der Waals surface area contributed by atoms with Gasteiger partial charge in [0.25, 0.3) is 5.56 Å². The van der Waals surface area contributed by atoms with Crippen molar-refractivity contribution < 1.29 is 19.7 Å². The van der Waals surface area contributed by atoms with Gasteiger partial charge in [0.2, 0.25) is 5.91 Å². The molecule has 10 heteroatoms. The highest BCUT2D eigenvalue weighted by Crippen LogP contribution is 2.27. The molecule has 0 radical (unpaired) electrons. The van der Waals surface area contributed by atoms with Crippen molar-refractivity contribution in [3.63, 3.8) is 0 Å². The fourth-order valence-electron chi connectivity index (χ4n) is 2.18. The van der Waals surface area contributed by atoms with Crippen LogP contribution in [-0.2, 0) is 9.53 Å². The largest absolute Gasteiger partial charge is 0.394 e. The monoisotopic (exact) mass is 314 g/mol. The van der Waals surface area contributed by atoms with Gasteiger partial charge in [-0.15, -0.1) is 0 Å². The molecule has 1 aliphatic heterocycles. The van der Waals surface area contributed by atoms with Crippen molar-refractivity contribution in [1.29, 1.82) is 0 Å². The van der Waals surface area contributed by atoms with E-state index in [0.717, 1.165) is 10.8 Å². The van der Waals surface area contributed by atoms with Gasteiger partial charge in [0.05, 0.1) is 12.7 Å². The Morgan fingerprint density at radius 2 is 2.27 bits per heavy atom. The smallest absolute Gasteiger partial charge is 0.330 e. The van der Waals surface area contributed by atoms with E-state index in [1.807, 2.05) is 0 Å². The molecule has 6 N–H and O–H groups in total. The van der Waals surface area contributed by atoms with E-state index in [2.05, 4.69) is 10.3 Å². The maximum absolute atomic E-state index is 11.8. The zero-order chi connectivity index (χ0) is 16.3. The van der Waals surface area contributed by atoms with Gasteiger partial charge < -0.3 is 26.0 Å². The minimum atomic E-state index is -0.927. The summed E-state index contributed by atoms with van der Waals surface area (Å²) in [6.45, 7) is -0.269. The van der Waals surface area contributed by atoms with Crippen LogP contribution >= 0.6 is 0 Å². The zero-order valence-electron chi connectivity index (χ0n) is 11.7. The average molecular weight is 314 g/mol. The number of H-pyrrole nitrogens is 1. The lowest BCUT2D eigenvalue weighted by Crippen LogP contribution is -2.34. The van der Waals surface area contributed by atoms with E-state index < -0.39 is 42.2 Å². The van der Waals surface area contributed by atoms with E-state index in [9.17, 15) is 19.5 Å². The summed E-state index contributed by atoms with van der Waals surface area (Å²) >= 11 is 0. The molecule has 2 rings (SSSR count). The predicted molar refractivity (Wildman–Crippen MR) is 75.2 cm³/mol. The number of amides is 1. The molecule has 1 aromatic heterocycles. The van der Waals surface area contributed by atoms with Gasteiger partial charge in [-0.25, -0.2) is 4.79 Å². The SMILES string of the molecule is NCCC(=O)Nc1cn([C@H]2C[C@H](O)[C@@H](CO)O2)c(=O)[nH]c1=O. The Bertz CT molecular complexity index is 654. The molecule has 22 heavy (non-hydrogen) atoms. The third-order valence-electron chi connectivity index (χ3n) is 3.31. The summed E-state index contributed by atoms with van der Waals surface area (Å²) in [6, 6.07) is 0. The molecule has 0 aromatic carbocycles. The second-order valence-corrected chi connectivity index (χ2v) is 4.91. The summed E-state index contributed by atoms with van der Waals surface area (Å²) in [5.74, 6) is -0.459. The van der Waals surface area contributed by atoms with Gasteiger partial charge in [-0.2, -0.15) is 0 Å². The number of aromatic amines is 1. The van der Waals surface area contributed by atoms with Crippen LogP contribution in [0.15, 0.2) is 15.8 Å². The number of rotatable bonds is 5. The van der Waals surface area contributed by atoms with Gasteiger partial charge in [0.15, 0.2) is 0 Å². The topological polar surface area (TPSA) is 160 Å². The van der Waals surface area contributed by atoms with Gasteiger partial charge in [0.1, 0.15) is 18.0 Å². The fourth-order valence-corrected chi connectivity index (χ4v) is 2.18. The summed E-state index contributed by atoms with van der Waals surface area (Å²) in [5.41, 5.74) is 3.64. The minimum absolute atomic E-state index is 0.0315. The Hall–Kier alpha value is -2.01. The van der Waals surface area contributed by atoms with Gasteiger partial charge >= 0.3 is 5.69 Å². The number of anilines is 1. The Morgan fingerprint density at radius 3 is 2.86 bits per heavy atom. The van der Waals surface area contributed by atoms with Crippen molar-refractivity contribution in [2.75, 3.05) is 18.5 Å². The van der Waals surface area contributed by atoms with Crippen LogP contribution in [0.2, 0.25) is 0 Å². The second-order valence-electron chi connectivity index (χ2n) is 4.91. The highest BCUT2D eigenvalue weighted by atomic mass is 16.5. The van der Waals surface area contributed by atoms with Crippen LogP contribution < -0.4 is 22.3 Å². The Kier molecular flexibility index (Phi) is 5.08. The molecular formula is C12H18N4O6. The number of hydrogen-bond acceptors (Lipinski definition) is 7. The van der Waals surface area contributed by atoms with Gasteiger partial charge in [0, 0.05) is 25.6 Å². The van der Waals surface area contributed by atoms with E-state index in [4.69, 9.17) is 15.6 Å². The second kappa shape index (κ2) is 6.83. The molecule has 0 unspecified atom stereocenters. The maximum atomic E-state index is 11.8. The molecule has 122 valence electrons. The van der Waals surface area contributed by atoms with Crippen LogP contribution in [0.3, 0.4) is 0 Å². The van der Waals surface area contributed by atoms with Crippen molar-refractivity contribution in [3.8, 4) is 0 Å². The van der Waals surface area contributed by atoms with E-state index in [1.54, 1.807) is 0 Å². The fraction of sp³-hybridized carbons (Fsp3) is 0.583. The molecule has 1 aromatic rings. The van der Waals surface area contributed by atoms with Gasteiger partial charge in [-0.05, 0) is 0 Å². The number of aliphatic hydroxyl groups excluding tert-OH is 2. The first-order chi connectivity index (χ1) is 10.5. The molecule has 0 aliphatic carbocycles. The molecule has 3 atom stereocenters. The molecule has 0 spiro atoms. The average Bonchev–Trinajstić information content (AvgIpc) is 2.83. The molecule has 2 heterocycles. The van der Waals surface area contributed by atoms with Crippen molar-refractivity contribution in [3.05, 3.63) is 27.0 Å². The zero-order valence-corrected chi connectivity index (χ0v) is 11.7. The summed E-state index contributed by atoms with van der Waals surface area (Å²) in [6.07, 6.45) is -1.32. The number of nitrogens with two attached hydrogens (primary N) is 1.